The first-order chi connectivity index (χ1) is 10.2. The Morgan fingerprint density at radius 2 is 2.05 bits per heavy atom. The molecular formula is C16H21NO4. The maximum Gasteiger partial charge on any atom is 0.303 e. The number of hydrogen-bond acceptors (Lipinski definition) is 3. The molecule has 5 heteroatoms. The number of fused-ring (bicyclic) bond motifs is 1. The third-order valence-electron chi connectivity index (χ3n) is 3.60. The van der Waals surface area contributed by atoms with Gasteiger partial charge in [-0.25, -0.2) is 0 Å². The zero-order valence-electron chi connectivity index (χ0n) is 12.0. The van der Waals surface area contributed by atoms with Crippen molar-refractivity contribution in [3.63, 3.8) is 0 Å². The maximum atomic E-state index is 12.2. The third kappa shape index (κ3) is 4.56. The molecule has 0 saturated heterocycles. The number of benzene rings is 1. The fourth-order valence-corrected chi connectivity index (χ4v) is 2.49. The molecule has 0 bridgehead atoms. The Morgan fingerprint density at radius 1 is 1.24 bits per heavy atom. The molecule has 1 aromatic carbocycles. The highest BCUT2D eigenvalue weighted by Crippen LogP contribution is 2.26. The molecule has 0 spiro atoms. The van der Waals surface area contributed by atoms with E-state index in [0.717, 1.165) is 24.8 Å². The lowest BCUT2D eigenvalue weighted by atomic mass is 9.97. The van der Waals surface area contributed by atoms with Crippen LogP contribution in [-0.4, -0.2) is 30.1 Å². The quantitative estimate of drug-likeness (QED) is 0.754. The Balaban J connectivity index is 1.76. The topological polar surface area (TPSA) is 75.6 Å². The van der Waals surface area contributed by atoms with E-state index in [1.165, 1.54) is 5.56 Å². The van der Waals surface area contributed by atoms with Gasteiger partial charge in [0.2, 0.25) is 0 Å². The molecular weight excluding hydrogens is 270 g/mol. The van der Waals surface area contributed by atoms with E-state index in [0.29, 0.717) is 19.6 Å². The number of hydrogen-bond donors (Lipinski definition) is 2. The van der Waals surface area contributed by atoms with Crippen molar-refractivity contribution >= 4 is 11.9 Å². The normalized spacial score (nSPS) is 17.0. The number of nitrogens with one attached hydrogen (secondary N) is 1. The van der Waals surface area contributed by atoms with Crippen LogP contribution in [0.25, 0.3) is 0 Å². The molecule has 5 nitrogen and oxygen atoms in total. The molecule has 1 atom stereocenters. The van der Waals surface area contributed by atoms with Gasteiger partial charge in [-0.1, -0.05) is 30.7 Å². The summed E-state index contributed by atoms with van der Waals surface area (Å²) in [5.74, 6) is -0.883. The monoisotopic (exact) mass is 291 g/mol. The molecule has 114 valence electrons. The summed E-state index contributed by atoms with van der Waals surface area (Å²) < 4.78 is 5.59. The molecule has 1 heterocycles. The summed E-state index contributed by atoms with van der Waals surface area (Å²) in [7, 11) is 0. The summed E-state index contributed by atoms with van der Waals surface area (Å²) in [6.07, 6.45) is 2.74. The zero-order valence-corrected chi connectivity index (χ0v) is 12.0. The van der Waals surface area contributed by atoms with E-state index in [9.17, 15) is 9.59 Å². The van der Waals surface area contributed by atoms with Crippen LogP contribution in [-0.2, 0) is 20.7 Å². The summed E-state index contributed by atoms with van der Waals surface area (Å²) in [6.45, 7) is 1.12. The van der Waals surface area contributed by atoms with Crippen molar-refractivity contribution in [1.29, 1.82) is 0 Å². The highest BCUT2D eigenvalue weighted by Gasteiger charge is 2.26. The minimum absolute atomic E-state index is 0.111. The van der Waals surface area contributed by atoms with Crippen LogP contribution >= 0.6 is 0 Å². The first kappa shape index (κ1) is 15.5. The lowest BCUT2D eigenvalue weighted by Gasteiger charge is -2.25. The predicted molar refractivity (Wildman–Crippen MR) is 78.0 cm³/mol. The summed E-state index contributed by atoms with van der Waals surface area (Å²) >= 11 is 0. The van der Waals surface area contributed by atoms with Crippen LogP contribution in [0.5, 0.6) is 0 Å². The smallest absolute Gasteiger partial charge is 0.303 e. The zero-order chi connectivity index (χ0) is 15.1. The molecule has 2 N–H and O–H groups in total. The van der Waals surface area contributed by atoms with Crippen molar-refractivity contribution in [1.82, 2.24) is 5.32 Å². The van der Waals surface area contributed by atoms with Gasteiger partial charge in [0.25, 0.3) is 5.91 Å². The molecule has 1 aliphatic rings. The van der Waals surface area contributed by atoms with E-state index in [1.54, 1.807) is 0 Å². The van der Waals surface area contributed by atoms with Crippen LogP contribution in [0.4, 0.5) is 0 Å². The van der Waals surface area contributed by atoms with Gasteiger partial charge < -0.3 is 15.2 Å². The summed E-state index contributed by atoms with van der Waals surface area (Å²) in [5, 5.41) is 11.4. The van der Waals surface area contributed by atoms with Gasteiger partial charge in [-0.05, 0) is 30.4 Å². The average molecular weight is 291 g/mol. The summed E-state index contributed by atoms with van der Waals surface area (Å²) in [6, 6.07) is 7.86. The average Bonchev–Trinajstić information content (AvgIpc) is 2.49. The standard InChI is InChI=1S/C16H21NO4/c18-14(19)8-2-1-5-10-17-16(20)15-13-7-4-3-6-12(13)9-11-21-15/h3-4,6-7,15H,1-2,5,8-11H2,(H,17,20)(H,18,19). The number of carboxylic acid groups (broad SMARTS) is 1. The van der Waals surface area contributed by atoms with E-state index < -0.39 is 12.1 Å². The first-order valence-electron chi connectivity index (χ1n) is 7.37. The molecule has 0 fully saturated rings. The second-order valence-electron chi connectivity index (χ2n) is 5.20. The number of unbranched alkanes of at least 4 members (excludes halogenated alkanes) is 2. The molecule has 1 unspecified atom stereocenters. The first-order valence-corrected chi connectivity index (χ1v) is 7.37. The van der Waals surface area contributed by atoms with Crippen molar-refractivity contribution in [2.24, 2.45) is 0 Å². The molecule has 0 aromatic heterocycles. The second kappa shape index (κ2) is 7.78. The minimum atomic E-state index is -0.772. The van der Waals surface area contributed by atoms with Gasteiger partial charge >= 0.3 is 5.97 Å². The Bertz CT molecular complexity index is 501. The van der Waals surface area contributed by atoms with E-state index >= 15 is 0 Å². The maximum absolute atomic E-state index is 12.2. The van der Waals surface area contributed by atoms with E-state index in [1.807, 2.05) is 24.3 Å². The van der Waals surface area contributed by atoms with Crippen LogP contribution in [0, 0.1) is 0 Å². The van der Waals surface area contributed by atoms with Gasteiger partial charge in [0.15, 0.2) is 6.10 Å². The van der Waals surface area contributed by atoms with Crippen molar-refractivity contribution in [2.75, 3.05) is 13.2 Å². The van der Waals surface area contributed by atoms with Gasteiger partial charge in [0, 0.05) is 13.0 Å². The van der Waals surface area contributed by atoms with Crippen molar-refractivity contribution in [3.8, 4) is 0 Å². The number of carbonyl (C=O) groups excluding carboxylic acids is 1. The van der Waals surface area contributed by atoms with Crippen LogP contribution in [0.3, 0.4) is 0 Å². The second-order valence-corrected chi connectivity index (χ2v) is 5.20. The van der Waals surface area contributed by atoms with Crippen molar-refractivity contribution < 1.29 is 19.4 Å². The largest absolute Gasteiger partial charge is 0.481 e. The molecule has 0 saturated carbocycles. The number of carbonyl (C=O) groups is 2. The predicted octanol–water partition coefficient (Wildman–Crippen LogP) is 2.06. The Hall–Kier alpha value is -1.88. The van der Waals surface area contributed by atoms with Gasteiger partial charge in [-0.2, -0.15) is 0 Å². The third-order valence-corrected chi connectivity index (χ3v) is 3.60. The van der Waals surface area contributed by atoms with Gasteiger partial charge in [0.1, 0.15) is 0 Å². The number of carboxylic acids is 1. The number of ether oxygens (including phenoxy) is 1. The molecule has 1 amide bonds. The number of amides is 1. The number of aliphatic carboxylic acids is 1. The highest BCUT2D eigenvalue weighted by atomic mass is 16.5. The van der Waals surface area contributed by atoms with Crippen molar-refractivity contribution in [3.05, 3.63) is 35.4 Å². The van der Waals surface area contributed by atoms with Gasteiger partial charge in [-0.3, -0.25) is 9.59 Å². The Kier molecular flexibility index (Phi) is 5.75. The van der Waals surface area contributed by atoms with Crippen LogP contribution in [0.2, 0.25) is 0 Å². The van der Waals surface area contributed by atoms with Crippen LogP contribution in [0.1, 0.15) is 42.9 Å². The fourth-order valence-electron chi connectivity index (χ4n) is 2.49. The summed E-state index contributed by atoms with van der Waals surface area (Å²) in [5.41, 5.74) is 2.12. The lowest BCUT2D eigenvalue weighted by molar-refractivity contribution is -0.137. The summed E-state index contributed by atoms with van der Waals surface area (Å²) in [4.78, 5) is 22.5. The molecule has 1 aromatic rings. The van der Waals surface area contributed by atoms with E-state index in [4.69, 9.17) is 9.84 Å². The van der Waals surface area contributed by atoms with E-state index in [-0.39, 0.29) is 12.3 Å². The van der Waals surface area contributed by atoms with Crippen LogP contribution in [0.15, 0.2) is 24.3 Å². The molecule has 1 aliphatic heterocycles. The van der Waals surface area contributed by atoms with Gasteiger partial charge in [-0.15, -0.1) is 0 Å². The van der Waals surface area contributed by atoms with E-state index in [2.05, 4.69) is 5.32 Å². The van der Waals surface area contributed by atoms with Crippen molar-refractivity contribution in [2.45, 2.75) is 38.2 Å². The molecule has 0 radical (unpaired) electrons. The molecule has 21 heavy (non-hydrogen) atoms. The molecule has 2 rings (SSSR count). The number of rotatable bonds is 7. The fraction of sp³-hybridized carbons (Fsp3) is 0.500. The Morgan fingerprint density at radius 3 is 2.86 bits per heavy atom. The highest BCUT2D eigenvalue weighted by molar-refractivity contribution is 5.82. The SMILES string of the molecule is O=C(O)CCCCCNC(=O)C1OCCc2ccccc21. The Labute approximate surface area is 124 Å². The van der Waals surface area contributed by atoms with Gasteiger partial charge in [0.05, 0.1) is 6.61 Å². The minimum Gasteiger partial charge on any atom is -0.481 e. The molecule has 0 aliphatic carbocycles. The van der Waals surface area contributed by atoms with Crippen LogP contribution < -0.4 is 5.32 Å². The lowest BCUT2D eigenvalue weighted by Crippen LogP contribution is -2.34.